The van der Waals surface area contributed by atoms with Crippen molar-refractivity contribution in [3.63, 3.8) is 0 Å². The minimum Gasteiger partial charge on any atom is -0.378 e. The molecule has 0 saturated heterocycles. The molecule has 0 aromatic heterocycles. The second-order valence-electron chi connectivity index (χ2n) is 5.77. The van der Waals surface area contributed by atoms with Crippen molar-refractivity contribution < 1.29 is 23.7 Å². The van der Waals surface area contributed by atoms with Crippen molar-refractivity contribution in [1.29, 1.82) is 10.5 Å². The second kappa shape index (κ2) is 21.0. The van der Waals surface area contributed by atoms with Gasteiger partial charge in [-0.25, -0.2) is 19.7 Å². The zero-order chi connectivity index (χ0) is 22.3. The summed E-state index contributed by atoms with van der Waals surface area (Å²) < 4.78 is 28.5. The highest BCUT2D eigenvalue weighted by Crippen LogP contribution is 2.15. The Balaban J connectivity index is 5.34. The summed E-state index contributed by atoms with van der Waals surface area (Å²) in [5, 5.41) is 17.5. The van der Waals surface area contributed by atoms with Crippen LogP contribution in [0.15, 0.2) is 0 Å². The number of nitrogens with zero attached hydrogens (tertiary/aromatic N) is 5. The second-order valence-corrected chi connectivity index (χ2v) is 5.77. The maximum absolute atomic E-state index is 8.80. The van der Waals surface area contributed by atoms with E-state index in [1.54, 1.807) is 0 Å². The quantitative estimate of drug-likeness (QED) is 0.233. The molecule has 30 heavy (non-hydrogen) atoms. The SMILES string of the molecule is [C-]#[N+]CCOCC(OCC[N+]#[C-])C(OCC[N+]#[C-])C(COCCC#N)OCCC#N. The third-order valence-electron chi connectivity index (χ3n) is 3.60. The van der Waals surface area contributed by atoms with Crippen molar-refractivity contribution in [2.75, 3.05) is 65.9 Å². The van der Waals surface area contributed by atoms with Gasteiger partial charge in [0.2, 0.25) is 19.6 Å². The van der Waals surface area contributed by atoms with E-state index in [1.807, 2.05) is 12.1 Å². The predicted molar refractivity (Wildman–Crippen MR) is 106 cm³/mol. The van der Waals surface area contributed by atoms with Gasteiger partial charge in [0.1, 0.15) is 38.1 Å². The summed E-state index contributed by atoms with van der Waals surface area (Å²) in [6.07, 6.45) is -1.56. The Morgan fingerprint density at radius 2 is 1.10 bits per heavy atom. The lowest BCUT2D eigenvalue weighted by atomic mass is 10.1. The maximum atomic E-state index is 8.80. The molecule has 0 rings (SSSR count). The smallest absolute Gasteiger partial charge is 0.237 e. The first-order chi connectivity index (χ1) is 14.7. The molecular weight excluding hydrogens is 390 g/mol. The van der Waals surface area contributed by atoms with E-state index in [1.165, 1.54) is 0 Å². The molecule has 0 radical (unpaired) electrons. The number of nitriles is 2. The van der Waals surface area contributed by atoms with Crippen molar-refractivity contribution in [3.8, 4) is 12.1 Å². The molecule has 0 aliphatic heterocycles. The summed E-state index contributed by atoms with van der Waals surface area (Å²) in [4.78, 5) is 9.78. The zero-order valence-corrected chi connectivity index (χ0v) is 17.0. The molecule has 0 saturated carbocycles. The van der Waals surface area contributed by atoms with Crippen LogP contribution in [-0.2, 0) is 23.7 Å². The van der Waals surface area contributed by atoms with Gasteiger partial charge in [-0.15, -0.1) is 0 Å². The standard InChI is InChI=1S/C20H27N5O5/c1-23-8-13-27-17-19(29-14-9-24-2)20(30-15-10-25-3)18(28-12-5-7-22)16-26-11-4-6-21/h18-20H,4-5,8-17H2. The Kier molecular flexibility index (Phi) is 19.0. The molecular formula is C20H27N5O5. The molecule has 0 spiro atoms. The van der Waals surface area contributed by atoms with Gasteiger partial charge in [0.05, 0.1) is 51.4 Å². The fourth-order valence-electron chi connectivity index (χ4n) is 2.30. The normalized spacial score (nSPS) is 13.0. The van der Waals surface area contributed by atoms with E-state index in [-0.39, 0.29) is 78.7 Å². The van der Waals surface area contributed by atoms with E-state index in [0.717, 1.165) is 0 Å². The van der Waals surface area contributed by atoms with Gasteiger partial charge in [-0.2, -0.15) is 10.5 Å². The fraction of sp³-hybridized carbons (Fsp3) is 0.750. The van der Waals surface area contributed by atoms with E-state index >= 15 is 0 Å². The van der Waals surface area contributed by atoms with Gasteiger partial charge in [-0.1, -0.05) is 0 Å². The first kappa shape index (κ1) is 27.2. The first-order valence-corrected chi connectivity index (χ1v) is 9.48. The summed E-state index contributed by atoms with van der Waals surface area (Å²) in [6, 6.07) is 3.99. The number of ether oxygens (including phenoxy) is 5. The van der Waals surface area contributed by atoms with E-state index in [0.29, 0.717) is 0 Å². The van der Waals surface area contributed by atoms with Crippen molar-refractivity contribution in [3.05, 3.63) is 34.3 Å². The maximum Gasteiger partial charge on any atom is 0.237 e. The Morgan fingerprint density at radius 3 is 1.67 bits per heavy atom. The summed E-state index contributed by atoms with van der Waals surface area (Å²) in [5.41, 5.74) is 0. The molecule has 162 valence electrons. The molecule has 0 fully saturated rings. The third-order valence-corrected chi connectivity index (χ3v) is 3.60. The van der Waals surface area contributed by atoms with E-state index in [2.05, 4.69) is 14.5 Å². The van der Waals surface area contributed by atoms with Gasteiger partial charge in [0.25, 0.3) is 0 Å². The lowest BCUT2D eigenvalue weighted by molar-refractivity contribution is -0.165. The average molecular weight is 417 g/mol. The van der Waals surface area contributed by atoms with E-state index < -0.39 is 18.3 Å². The van der Waals surface area contributed by atoms with Crippen molar-refractivity contribution in [2.24, 2.45) is 0 Å². The molecule has 0 aromatic carbocycles. The largest absolute Gasteiger partial charge is 0.378 e. The topological polar surface area (TPSA) is 107 Å². The summed E-state index contributed by atoms with van der Waals surface area (Å²) in [7, 11) is 0. The van der Waals surface area contributed by atoms with Crippen LogP contribution >= 0.6 is 0 Å². The van der Waals surface area contributed by atoms with Gasteiger partial charge in [0, 0.05) is 0 Å². The lowest BCUT2D eigenvalue weighted by Gasteiger charge is -2.32. The minimum absolute atomic E-state index is 0.0977. The monoisotopic (exact) mass is 417 g/mol. The molecule has 0 N–H and O–H groups in total. The summed E-state index contributed by atoms with van der Waals surface area (Å²) in [6.45, 7) is 22.3. The highest BCUT2D eigenvalue weighted by molar-refractivity contribution is 4.83. The molecule has 0 aliphatic carbocycles. The molecule has 0 heterocycles. The molecule has 10 heteroatoms. The van der Waals surface area contributed by atoms with Crippen LogP contribution in [0.1, 0.15) is 12.8 Å². The summed E-state index contributed by atoms with van der Waals surface area (Å²) in [5.74, 6) is 0. The van der Waals surface area contributed by atoms with Crippen LogP contribution in [0.4, 0.5) is 0 Å². The molecule has 3 atom stereocenters. The summed E-state index contributed by atoms with van der Waals surface area (Å²) >= 11 is 0. The Hall–Kier alpha value is -2.75. The van der Waals surface area contributed by atoms with Crippen LogP contribution in [0.2, 0.25) is 0 Å². The van der Waals surface area contributed by atoms with E-state index in [4.69, 9.17) is 53.9 Å². The lowest BCUT2D eigenvalue weighted by Crippen LogP contribution is -2.48. The molecule has 0 aromatic rings. The first-order valence-electron chi connectivity index (χ1n) is 9.48. The van der Waals surface area contributed by atoms with Gasteiger partial charge in [0.15, 0.2) is 0 Å². The number of hydrogen-bond acceptors (Lipinski definition) is 7. The Labute approximate surface area is 178 Å². The van der Waals surface area contributed by atoms with Gasteiger partial charge in [-0.3, -0.25) is 0 Å². The molecule has 0 aliphatic rings. The van der Waals surface area contributed by atoms with Crippen LogP contribution in [0.5, 0.6) is 0 Å². The average Bonchev–Trinajstić information content (AvgIpc) is 2.75. The van der Waals surface area contributed by atoms with E-state index in [9.17, 15) is 0 Å². The van der Waals surface area contributed by atoms with Crippen LogP contribution in [-0.4, -0.2) is 84.2 Å². The third kappa shape index (κ3) is 14.3. The molecule has 0 amide bonds. The van der Waals surface area contributed by atoms with Crippen LogP contribution in [0.3, 0.4) is 0 Å². The molecule has 3 unspecified atom stereocenters. The Morgan fingerprint density at radius 1 is 0.633 bits per heavy atom. The van der Waals surface area contributed by atoms with Gasteiger partial charge >= 0.3 is 0 Å². The number of rotatable bonds is 19. The predicted octanol–water partition coefficient (Wildman–Crippen LogP) is 1.76. The zero-order valence-electron chi connectivity index (χ0n) is 17.0. The van der Waals surface area contributed by atoms with Crippen molar-refractivity contribution >= 4 is 0 Å². The van der Waals surface area contributed by atoms with Gasteiger partial charge < -0.3 is 38.2 Å². The number of hydrogen-bond donors (Lipinski definition) is 0. The highest BCUT2D eigenvalue weighted by atomic mass is 16.6. The van der Waals surface area contributed by atoms with Crippen LogP contribution in [0, 0.1) is 42.4 Å². The Bertz CT molecular complexity index is 594. The minimum atomic E-state index is -0.689. The molecule has 0 bridgehead atoms. The van der Waals surface area contributed by atoms with Crippen LogP contribution < -0.4 is 0 Å². The molecule has 10 nitrogen and oxygen atoms in total. The van der Waals surface area contributed by atoms with Crippen molar-refractivity contribution in [1.82, 2.24) is 0 Å². The highest BCUT2D eigenvalue weighted by Gasteiger charge is 2.33. The fourth-order valence-corrected chi connectivity index (χ4v) is 2.30. The van der Waals surface area contributed by atoms with Crippen LogP contribution in [0.25, 0.3) is 14.5 Å². The van der Waals surface area contributed by atoms with Crippen molar-refractivity contribution in [2.45, 2.75) is 31.2 Å². The van der Waals surface area contributed by atoms with Gasteiger partial charge in [-0.05, 0) is 0 Å².